The van der Waals surface area contributed by atoms with Crippen molar-refractivity contribution in [2.45, 2.75) is 27.0 Å². The molecule has 1 unspecified atom stereocenters. The summed E-state index contributed by atoms with van der Waals surface area (Å²) in [4.78, 5) is 4.36. The monoisotopic (exact) mass is 286 g/mol. The van der Waals surface area contributed by atoms with E-state index in [4.69, 9.17) is 10.5 Å². The molecule has 21 heavy (non-hydrogen) atoms. The number of fused-ring (bicyclic) bond motifs is 1. The quantitative estimate of drug-likeness (QED) is 0.793. The van der Waals surface area contributed by atoms with Gasteiger partial charge in [0.25, 0.3) is 0 Å². The van der Waals surface area contributed by atoms with Crippen LogP contribution in [-0.2, 0) is 4.74 Å². The summed E-state index contributed by atoms with van der Waals surface area (Å²) >= 11 is 0. The first-order chi connectivity index (χ1) is 10.1. The minimum absolute atomic E-state index is 0.118. The van der Waals surface area contributed by atoms with Crippen LogP contribution in [0.3, 0.4) is 0 Å². The van der Waals surface area contributed by atoms with Crippen LogP contribution in [0.5, 0.6) is 0 Å². The first kappa shape index (κ1) is 13.6. The van der Waals surface area contributed by atoms with Gasteiger partial charge in [-0.1, -0.05) is 0 Å². The molecule has 3 aromatic rings. The molecule has 0 aromatic carbocycles. The van der Waals surface area contributed by atoms with Gasteiger partial charge in [0.15, 0.2) is 0 Å². The minimum Gasteiger partial charge on any atom is -0.367 e. The highest BCUT2D eigenvalue weighted by Crippen LogP contribution is 2.24. The van der Waals surface area contributed by atoms with Gasteiger partial charge in [0.2, 0.25) is 5.95 Å². The highest BCUT2D eigenvalue weighted by molar-refractivity contribution is 5.76. The second-order valence-electron chi connectivity index (χ2n) is 4.85. The van der Waals surface area contributed by atoms with E-state index in [-0.39, 0.29) is 12.2 Å². The lowest BCUT2D eigenvalue weighted by Crippen LogP contribution is -2.09. The topological polar surface area (TPSA) is 83.3 Å². The zero-order chi connectivity index (χ0) is 15.0. The minimum atomic E-state index is -0.118. The average Bonchev–Trinajstić information content (AvgIpc) is 3.07. The largest absolute Gasteiger partial charge is 0.367 e. The van der Waals surface area contributed by atoms with E-state index in [1.54, 1.807) is 15.4 Å². The summed E-state index contributed by atoms with van der Waals surface area (Å²) in [5.74, 6) is 0.238. The van der Waals surface area contributed by atoms with Crippen LogP contribution in [0.25, 0.3) is 16.8 Å². The molecule has 0 aliphatic rings. The van der Waals surface area contributed by atoms with Gasteiger partial charge in [-0.25, -0.2) is 14.2 Å². The van der Waals surface area contributed by atoms with Crippen molar-refractivity contribution < 1.29 is 4.74 Å². The Morgan fingerprint density at radius 1 is 1.38 bits per heavy atom. The third kappa shape index (κ3) is 2.36. The molecule has 0 radical (unpaired) electrons. The number of nitrogens with zero attached hydrogens (tertiary/aromatic N) is 5. The van der Waals surface area contributed by atoms with E-state index in [9.17, 15) is 0 Å². The van der Waals surface area contributed by atoms with Crippen LogP contribution in [-0.4, -0.2) is 31.0 Å². The molecule has 3 rings (SSSR count). The van der Waals surface area contributed by atoms with Crippen molar-refractivity contribution in [3.05, 3.63) is 30.2 Å². The predicted molar refractivity (Wildman–Crippen MR) is 79.7 cm³/mol. The normalized spacial score (nSPS) is 12.9. The van der Waals surface area contributed by atoms with Gasteiger partial charge in [0.1, 0.15) is 11.9 Å². The molecule has 3 heterocycles. The number of nitrogen functional groups attached to an aromatic ring is 1. The van der Waals surface area contributed by atoms with Crippen LogP contribution in [0.15, 0.2) is 24.5 Å². The van der Waals surface area contributed by atoms with Gasteiger partial charge in [-0.05, 0) is 32.9 Å². The maximum Gasteiger partial charge on any atom is 0.238 e. The smallest absolute Gasteiger partial charge is 0.238 e. The lowest BCUT2D eigenvalue weighted by atomic mass is 10.2. The van der Waals surface area contributed by atoms with Crippen molar-refractivity contribution in [1.29, 1.82) is 0 Å². The molecule has 0 saturated carbocycles. The summed E-state index contributed by atoms with van der Waals surface area (Å²) in [6.45, 7) is 6.52. The first-order valence-electron chi connectivity index (χ1n) is 6.88. The van der Waals surface area contributed by atoms with Crippen LogP contribution >= 0.6 is 0 Å². The fourth-order valence-corrected chi connectivity index (χ4v) is 2.33. The molecule has 7 heteroatoms. The van der Waals surface area contributed by atoms with Gasteiger partial charge in [-0.3, -0.25) is 0 Å². The fraction of sp³-hybridized carbons (Fsp3) is 0.357. The SMILES string of the molecule is CCOC(C)n1cc(-c2nc(N)nn3c(C)ccc23)cn1. The molecule has 2 N–H and O–H groups in total. The Morgan fingerprint density at radius 3 is 2.95 bits per heavy atom. The van der Waals surface area contributed by atoms with Gasteiger partial charge >= 0.3 is 0 Å². The third-order valence-corrected chi connectivity index (χ3v) is 3.37. The predicted octanol–water partition coefficient (Wildman–Crippen LogP) is 2.04. The third-order valence-electron chi connectivity index (χ3n) is 3.37. The molecule has 0 fully saturated rings. The lowest BCUT2D eigenvalue weighted by molar-refractivity contribution is 0.0160. The summed E-state index contributed by atoms with van der Waals surface area (Å²) in [6.07, 6.45) is 3.55. The molecule has 0 aliphatic carbocycles. The fourth-order valence-electron chi connectivity index (χ4n) is 2.33. The molecule has 110 valence electrons. The number of ether oxygens (including phenoxy) is 1. The summed E-state index contributed by atoms with van der Waals surface area (Å²) in [5, 5.41) is 8.56. The van der Waals surface area contributed by atoms with Crippen molar-refractivity contribution in [2.75, 3.05) is 12.3 Å². The molecule has 3 aromatic heterocycles. The standard InChI is InChI=1S/C14H18N6O/c1-4-21-10(3)19-8-11(7-16-19)13-12-6-5-9(2)20(12)18-14(15)17-13/h5-8,10H,4H2,1-3H3,(H2,15,18). The maximum atomic E-state index is 5.81. The summed E-state index contributed by atoms with van der Waals surface area (Å²) in [6, 6.07) is 3.97. The van der Waals surface area contributed by atoms with Gasteiger partial charge in [-0.15, -0.1) is 5.10 Å². The Bertz CT molecular complexity index is 775. The van der Waals surface area contributed by atoms with Crippen LogP contribution in [0, 0.1) is 6.92 Å². The molecule has 1 atom stereocenters. The second kappa shape index (κ2) is 5.17. The highest BCUT2D eigenvalue weighted by Gasteiger charge is 2.14. The van der Waals surface area contributed by atoms with E-state index in [1.807, 2.05) is 39.1 Å². The lowest BCUT2D eigenvalue weighted by Gasteiger charge is -2.11. The Morgan fingerprint density at radius 2 is 2.19 bits per heavy atom. The van der Waals surface area contributed by atoms with Crippen LogP contribution in [0.2, 0.25) is 0 Å². The highest BCUT2D eigenvalue weighted by atomic mass is 16.5. The van der Waals surface area contributed by atoms with Crippen LogP contribution < -0.4 is 5.73 Å². The molecule has 0 saturated heterocycles. The van der Waals surface area contributed by atoms with Gasteiger partial charge < -0.3 is 10.5 Å². The zero-order valence-corrected chi connectivity index (χ0v) is 12.3. The molecule has 7 nitrogen and oxygen atoms in total. The second-order valence-corrected chi connectivity index (χ2v) is 4.85. The van der Waals surface area contributed by atoms with Crippen molar-refractivity contribution in [2.24, 2.45) is 0 Å². The number of rotatable bonds is 4. The number of aromatic nitrogens is 5. The first-order valence-corrected chi connectivity index (χ1v) is 6.88. The van der Waals surface area contributed by atoms with Gasteiger partial charge in [-0.2, -0.15) is 5.10 Å². The molecule has 0 bridgehead atoms. The number of anilines is 1. The molecule has 0 spiro atoms. The molecule has 0 aliphatic heterocycles. The van der Waals surface area contributed by atoms with Crippen molar-refractivity contribution >= 4 is 11.5 Å². The number of hydrogen-bond acceptors (Lipinski definition) is 5. The maximum absolute atomic E-state index is 5.81. The Kier molecular flexibility index (Phi) is 3.34. The van der Waals surface area contributed by atoms with E-state index in [0.29, 0.717) is 6.61 Å². The van der Waals surface area contributed by atoms with E-state index in [1.165, 1.54) is 0 Å². The van der Waals surface area contributed by atoms with E-state index >= 15 is 0 Å². The molecular formula is C14H18N6O. The summed E-state index contributed by atoms with van der Waals surface area (Å²) in [5.41, 5.74) is 9.38. The van der Waals surface area contributed by atoms with E-state index in [0.717, 1.165) is 22.5 Å². The number of nitrogens with two attached hydrogens (primary N) is 1. The van der Waals surface area contributed by atoms with Gasteiger partial charge in [0.05, 0.1) is 11.7 Å². The number of hydrogen-bond donors (Lipinski definition) is 1. The average molecular weight is 286 g/mol. The Hall–Kier alpha value is -2.41. The molecular weight excluding hydrogens is 268 g/mol. The van der Waals surface area contributed by atoms with Crippen LogP contribution in [0.1, 0.15) is 25.8 Å². The van der Waals surface area contributed by atoms with E-state index in [2.05, 4.69) is 15.2 Å². The summed E-state index contributed by atoms with van der Waals surface area (Å²) < 4.78 is 9.09. The van der Waals surface area contributed by atoms with Crippen LogP contribution in [0.4, 0.5) is 5.95 Å². The van der Waals surface area contributed by atoms with Gasteiger partial charge in [0, 0.05) is 24.1 Å². The molecule has 0 amide bonds. The number of aryl methyl sites for hydroxylation is 1. The van der Waals surface area contributed by atoms with Crippen molar-refractivity contribution in [3.63, 3.8) is 0 Å². The zero-order valence-electron chi connectivity index (χ0n) is 12.3. The van der Waals surface area contributed by atoms with Crippen molar-refractivity contribution in [3.8, 4) is 11.3 Å². The van der Waals surface area contributed by atoms with Crippen molar-refractivity contribution in [1.82, 2.24) is 24.4 Å². The van der Waals surface area contributed by atoms with E-state index < -0.39 is 0 Å². The Labute approximate surface area is 122 Å². The Balaban J connectivity index is 2.08. The summed E-state index contributed by atoms with van der Waals surface area (Å²) in [7, 11) is 0.